The van der Waals surface area contributed by atoms with Gasteiger partial charge < -0.3 is 10.1 Å². The van der Waals surface area contributed by atoms with Gasteiger partial charge in [0.05, 0.1) is 18.4 Å². The predicted octanol–water partition coefficient (Wildman–Crippen LogP) is 4.68. The standard InChI is InChI=1S/C24H18F2N2O3/c1-14-5-3-4-6-19(14)27-22-21(15-7-10-17(31-2)11-8-15)23(29)28(24(22)30)20-12-9-16(25)13-18(20)26/h3-13,27H,1-2H3. The average Bonchev–Trinajstić information content (AvgIpc) is 3.00. The Hall–Kier alpha value is -4.00. The Kier molecular flexibility index (Phi) is 5.25. The first kappa shape index (κ1) is 20.3. The van der Waals surface area contributed by atoms with Gasteiger partial charge in [0.15, 0.2) is 0 Å². The Bertz CT molecular complexity index is 1220. The van der Waals surface area contributed by atoms with Crippen LogP contribution in [0.2, 0.25) is 0 Å². The Balaban J connectivity index is 1.85. The van der Waals surface area contributed by atoms with E-state index in [2.05, 4.69) is 5.32 Å². The molecule has 0 saturated carbocycles. The number of benzene rings is 3. The highest BCUT2D eigenvalue weighted by Crippen LogP contribution is 2.35. The molecule has 0 aromatic heterocycles. The fraction of sp³-hybridized carbons (Fsp3) is 0.0833. The second-order valence-corrected chi connectivity index (χ2v) is 6.96. The molecule has 0 atom stereocenters. The Morgan fingerprint density at radius 2 is 1.61 bits per heavy atom. The Labute approximate surface area is 177 Å². The molecular weight excluding hydrogens is 402 g/mol. The lowest BCUT2D eigenvalue weighted by Crippen LogP contribution is -2.33. The van der Waals surface area contributed by atoms with Crippen LogP contribution in [0.5, 0.6) is 5.75 Å². The van der Waals surface area contributed by atoms with Crippen molar-refractivity contribution in [2.75, 3.05) is 17.3 Å². The number of nitrogens with zero attached hydrogens (tertiary/aromatic N) is 1. The summed E-state index contributed by atoms with van der Waals surface area (Å²) in [5.41, 5.74) is 1.72. The molecule has 0 aliphatic carbocycles. The highest BCUT2D eigenvalue weighted by atomic mass is 19.1. The summed E-state index contributed by atoms with van der Waals surface area (Å²) in [6.07, 6.45) is 0. The van der Waals surface area contributed by atoms with E-state index in [9.17, 15) is 18.4 Å². The first-order valence-electron chi connectivity index (χ1n) is 9.46. The minimum Gasteiger partial charge on any atom is -0.497 e. The van der Waals surface area contributed by atoms with Crippen LogP contribution in [0, 0.1) is 18.6 Å². The van der Waals surface area contributed by atoms with Crippen molar-refractivity contribution < 1.29 is 23.1 Å². The van der Waals surface area contributed by atoms with Gasteiger partial charge in [-0.25, -0.2) is 13.7 Å². The zero-order valence-corrected chi connectivity index (χ0v) is 16.8. The highest BCUT2D eigenvalue weighted by molar-refractivity contribution is 6.46. The van der Waals surface area contributed by atoms with Gasteiger partial charge in [-0.2, -0.15) is 0 Å². The van der Waals surface area contributed by atoms with Crippen LogP contribution in [0.25, 0.3) is 5.57 Å². The molecule has 7 heteroatoms. The van der Waals surface area contributed by atoms with Crippen LogP contribution in [0.15, 0.2) is 72.4 Å². The SMILES string of the molecule is COc1ccc(C2=C(Nc3ccccc3C)C(=O)N(c3ccc(F)cc3F)C2=O)cc1. The fourth-order valence-electron chi connectivity index (χ4n) is 3.40. The van der Waals surface area contributed by atoms with Gasteiger partial charge in [-0.05, 0) is 48.4 Å². The summed E-state index contributed by atoms with van der Waals surface area (Å²) < 4.78 is 33.0. The second kappa shape index (κ2) is 8.02. The van der Waals surface area contributed by atoms with Crippen LogP contribution in [0.1, 0.15) is 11.1 Å². The maximum atomic E-state index is 14.5. The third kappa shape index (κ3) is 3.66. The lowest BCUT2D eigenvalue weighted by Gasteiger charge is -2.16. The van der Waals surface area contributed by atoms with Crippen LogP contribution in [-0.4, -0.2) is 18.9 Å². The third-order valence-electron chi connectivity index (χ3n) is 5.02. The second-order valence-electron chi connectivity index (χ2n) is 6.96. The van der Waals surface area contributed by atoms with Gasteiger partial charge in [0.25, 0.3) is 11.8 Å². The molecule has 31 heavy (non-hydrogen) atoms. The predicted molar refractivity (Wildman–Crippen MR) is 114 cm³/mol. The van der Waals surface area contributed by atoms with E-state index in [1.165, 1.54) is 7.11 Å². The lowest BCUT2D eigenvalue weighted by molar-refractivity contribution is -0.120. The number of anilines is 2. The molecule has 1 aliphatic heterocycles. The van der Waals surface area contributed by atoms with Gasteiger partial charge in [0.2, 0.25) is 0 Å². The lowest BCUT2D eigenvalue weighted by atomic mass is 10.0. The molecule has 0 bridgehead atoms. The highest BCUT2D eigenvalue weighted by Gasteiger charge is 2.41. The molecule has 2 amide bonds. The molecule has 1 N–H and O–H groups in total. The zero-order chi connectivity index (χ0) is 22.1. The quantitative estimate of drug-likeness (QED) is 0.609. The smallest absolute Gasteiger partial charge is 0.282 e. The number of hydrogen-bond acceptors (Lipinski definition) is 4. The number of amides is 2. The number of rotatable bonds is 5. The molecule has 0 radical (unpaired) electrons. The van der Waals surface area contributed by atoms with Crippen molar-refractivity contribution in [3.05, 3.63) is 95.2 Å². The summed E-state index contributed by atoms with van der Waals surface area (Å²) in [5, 5.41) is 3.04. The van der Waals surface area contributed by atoms with Gasteiger partial charge >= 0.3 is 0 Å². The summed E-state index contributed by atoms with van der Waals surface area (Å²) in [6.45, 7) is 1.86. The van der Waals surface area contributed by atoms with Crippen LogP contribution in [0.3, 0.4) is 0 Å². The number of nitrogens with one attached hydrogen (secondary N) is 1. The molecule has 1 aliphatic rings. The summed E-state index contributed by atoms with van der Waals surface area (Å²) in [6, 6.07) is 16.6. The van der Waals surface area contributed by atoms with E-state index < -0.39 is 23.4 Å². The molecule has 1 heterocycles. The van der Waals surface area contributed by atoms with Gasteiger partial charge in [-0.15, -0.1) is 0 Å². The van der Waals surface area contributed by atoms with Crippen molar-refractivity contribution in [3.8, 4) is 5.75 Å². The Morgan fingerprint density at radius 1 is 0.903 bits per heavy atom. The maximum Gasteiger partial charge on any atom is 0.282 e. The van der Waals surface area contributed by atoms with E-state index in [0.29, 0.717) is 23.1 Å². The van der Waals surface area contributed by atoms with E-state index in [4.69, 9.17) is 4.74 Å². The number of ether oxygens (including phenoxy) is 1. The number of halogens is 2. The molecular formula is C24H18F2N2O3. The number of methoxy groups -OCH3 is 1. The van der Waals surface area contributed by atoms with Gasteiger partial charge in [-0.1, -0.05) is 30.3 Å². The van der Waals surface area contributed by atoms with Crippen LogP contribution >= 0.6 is 0 Å². The molecule has 4 rings (SSSR count). The van der Waals surface area contributed by atoms with Gasteiger partial charge in [0.1, 0.15) is 23.1 Å². The van der Waals surface area contributed by atoms with E-state index in [-0.39, 0.29) is 17.0 Å². The minimum atomic E-state index is -1.01. The summed E-state index contributed by atoms with van der Waals surface area (Å²) in [5.74, 6) is -2.67. The van der Waals surface area contributed by atoms with Gasteiger partial charge in [0, 0.05) is 11.8 Å². The number of hydrogen-bond donors (Lipinski definition) is 1. The van der Waals surface area contributed by atoms with E-state index in [1.807, 2.05) is 19.1 Å². The van der Waals surface area contributed by atoms with Crippen LogP contribution < -0.4 is 15.0 Å². The van der Waals surface area contributed by atoms with E-state index in [0.717, 1.165) is 22.6 Å². The molecule has 5 nitrogen and oxygen atoms in total. The summed E-state index contributed by atoms with van der Waals surface area (Å²) in [7, 11) is 1.52. The van der Waals surface area contributed by atoms with Crippen molar-refractivity contribution in [1.82, 2.24) is 0 Å². The molecule has 0 fully saturated rings. The molecule has 0 unspecified atom stereocenters. The molecule has 0 saturated heterocycles. The molecule has 3 aromatic carbocycles. The summed E-state index contributed by atoms with van der Waals surface area (Å²) >= 11 is 0. The number of para-hydroxylation sites is 1. The van der Waals surface area contributed by atoms with Crippen molar-refractivity contribution >= 4 is 28.8 Å². The third-order valence-corrected chi connectivity index (χ3v) is 5.02. The van der Waals surface area contributed by atoms with Crippen molar-refractivity contribution in [2.45, 2.75) is 6.92 Å². The van der Waals surface area contributed by atoms with Crippen molar-refractivity contribution in [3.63, 3.8) is 0 Å². The topological polar surface area (TPSA) is 58.6 Å². The van der Waals surface area contributed by atoms with Crippen molar-refractivity contribution in [1.29, 1.82) is 0 Å². The average molecular weight is 420 g/mol. The maximum absolute atomic E-state index is 14.5. The van der Waals surface area contributed by atoms with Crippen LogP contribution in [-0.2, 0) is 9.59 Å². The fourth-order valence-corrected chi connectivity index (χ4v) is 3.40. The summed E-state index contributed by atoms with van der Waals surface area (Å²) in [4.78, 5) is 27.3. The first-order chi connectivity index (χ1) is 14.9. The van der Waals surface area contributed by atoms with E-state index >= 15 is 0 Å². The molecule has 156 valence electrons. The molecule has 0 spiro atoms. The van der Waals surface area contributed by atoms with Crippen LogP contribution in [0.4, 0.5) is 20.2 Å². The monoisotopic (exact) mass is 420 g/mol. The zero-order valence-electron chi connectivity index (χ0n) is 16.8. The first-order valence-corrected chi connectivity index (χ1v) is 9.46. The number of aryl methyl sites for hydroxylation is 1. The number of carbonyl (C=O) groups excluding carboxylic acids is 2. The number of carbonyl (C=O) groups is 2. The minimum absolute atomic E-state index is 0.00759. The van der Waals surface area contributed by atoms with Gasteiger partial charge in [-0.3, -0.25) is 9.59 Å². The molecule has 3 aromatic rings. The van der Waals surface area contributed by atoms with Crippen molar-refractivity contribution in [2.24, 2.45) is 0 Å². The van der Waals surface area contributed by atoms with E-state index in [1.54, 1.807) is 36.4 Å². The Morgan fingerprint density at radius 3 is 2.26 bits per heavy atom. The normalized spacial score (nSPS) is 13.7. The largest absolute Gasteiger partial charge is 0.497 e. The number of imide groups is 1.